The van der Waals surface area contributed by atoms with Crippen LogP contribution in [0.5, 0.6) is 0 Å². The van der Waals surface area contributed by atoms with Crippen LogP contribution >= 0.6 is 0 Å². The number of carboxylic acids is 1. The molecule has 0 bridgehead atoms. The molecule has 0 fully saturated rings. The van der Waals surface area contributed by atoms with E-state index in [1.54, 1.807) is 0 Å². The van der Waals surface area contributed by atoms with Crippen molar-refractivity contribution in [1.29, 1.82) is 0 Å². The summed E-state index contributed by atoms with van der Waals surface area (Å²) < 4.78 is 36.6. The zero-order valence-electron chi connectivity index (χ0n) is 17.8. The second kappa shape index (κ2) is 10.9. The van der Waals surface area contributed by atoms with Gasteiger partial charge in [-0.3, -0.25) is 0 Å². The summed E-state index contributed by atoms with van der Waals surface area (Å²) >= 11 is 0. The first-order valence-electron chi connectivity index (χ1n) is 10.1. The molecule has 0 radical (unpaired) electrons. The zero-order chi connectivity index (χ0) is 23.8. The smallest absolute Gasteiger partial charge is 0.416 e. The van der Waals surface area contributed by atoms with Crippen molar-refractivity contribution < 1.29 is 23.1 Å². The van der Waals surface area contributed by atoms with E-state index in [0.29, 0.717) is 6.07 Å². The minimum absolute atomic E-state index is 0.0146. The van der Waals surface area contributed by atoms with Gasteiger partial charge in [0, 0.05) is 0 Å². The minimum Gasteiger partial charge on any atom is -0.545 e. The molecule has 4 aromatic rings. The third kappa shape index (κ3) is 6.73. The third-order valence-electron chi connectivity index (χ3n) is 4.58. The highest BCUT2D eigenvalue weighted by Crippen LogP contribution is 2.31. The number of hydrogen-bond acceptors (Lipinski definition) is 2. The number of carbonyl (C=O) groups excluding carboxylic acids is 1. The summed E-state index contributed by atoms with van der Waals surface area (Å²) in [6.07, 6.45) is -4.53. The van der Waals surface area contributed by atoms with Gasteiger partial charge < -0.3 is 9.90 Å². The number of benzene rings is 4. The molecule has 0 saturated heterocycles. The predicted octanol–water partition coefficient (Wildman–Crippen LogP) is 6.16. The van der Waals surface area contributed by atoms with Gasteiger partial charge in [-0.2, -0.15) is 13.2 Å². The molecule has 0 aromatic heterocycles. The van der Waals surface area contributed by atoms with E-state index in [4.69, 9.17) is 0 Å². The summed E-state index contributed by atoms with van der Waals surface area (Å²) in [4.78, 5) is 14.4. The number of halogens is 3. The summed E-state index contributed by atoms with van der Waals surface area (Å²) in [6, 6.07) is 34.7. The molecule has 0 saturated carbocycles. The van der Waals surface area contributed by atoms with Gasteiger partial charge in [-0.05, 0) is 66.6 Å². The Bertz CT molecular complexity index is 1080. The van der Waals surface area contributed by atoms with Crippen LogP contribution in [0, 0.1) is 6.92 Å². The van der Waals surface area contributed by atoms with Gasteiger partial charge in [-0.1, -0.05) is 60.7 Å². The molecular formula is C27H21F3O2S. The fourth-order valence-electron chi connectivity index (χ4n) is 3.14. The van der Waals surface area contributed by atoms with Crippen molar-refractivity contribution in [1.82, 2.24) is 0 Å². The van der Waals surface area contributed by atoms with Gasteiger partial charge in [0.25, 0.3) is 0 Å². The lowest BCUT2D eigenvalue weighted by molar-refractivity contribution is -0.255. The number of rotatable bonds is 4. The highest BCUT2D eigenvalue weighted by Gasteiger charge is 2.31. The van der Waals surface area contributed by atoms with Crippen LogP contribution in [-0.2, 0) is 17.1 Å². The van der Waals surface area contributed by atoms with Crippen LogP contribution in [0.2, 0.25) is 0 Å². The molecule has 0 atom stereocenters. The SMILES string of the molecule is Cc1cc(C(=O)[O-])cc(C(F)(F)F)c1.c1ccc([S+](c2ccccc2)c2ccccc2)cc1. The number of carbonyl (C=O) groups is 1. The van der Waals surface area contributed by atoms with Crippen molar-refractivity contribution in [3.8, 4) is 0 Å². The molecule has 168 valence electrons. The maximum Gasteiger partial charge on any atom is 0.416 e. The van der Waals surface area contributed by atoms with E-state index < -0.39 is 23.3 Å². The van der Waals surface area contributed by atoms with Crippen LogP contribution in [0.3, 0.4) is 0 Å². The lowest BCUT2D eigenvalue weighted by Crippen LogP contribution is -2.23. The zero-order valence-corrected chi connectivity index (χ0v) is 18.6. The molecule has 0 spiro atoms. The molecule has 0 aliphatic heterocycles. The van der Waals surface area contributed by atoms with E-state index in [0.717, 1.165) is 12.1 Å². The Hall–Kier alpha value is -3.51. The molecule has 0 aliphatic carbocycles. The molecule has 4 aromatic carbocycles. The fourth-order valence-corrected chi connectivity index (χ4v) is 5.25. The van der Waals surface area contributed by atoms with E-state index in [1.807, 2.05) is 0 Å². The van der Waals surface area contributed by atoms with Crippen LogP contribution in [-0.4, -0.2) is 5.97 Å². The van der Waals surface area contributed by atoms with Gasteiger partial charge in [-0.15, -0.1) is 0 Å². The molecule has 4 rings (SSSR count). The van der Waals surface area contributed by atoms with Crippen molar-refractivity contribution in [3.63, 3.8) is 0 Å². The van der Waals surface area contributed by atoms with E-state index in [9.17, 15) is 23.1 Å². The van der Waals surface area contributed by atoms with Gasteiger partial charge in [0.15, 0.2) is 14.7 Å². The van der Waals surface area contributed by atoms with E-state index >= 15 is 0 Å². The monoisotopic (exact) mass is 466 g/mol. The maximum atomic E-state index is 12.2. The molecule has 6 heteroatoms. The van der Waals surface area contributed by atoms with Gasteiger partial charge >= 0.3 is 6.18 Å². The quantitative estimate of drug-likeness (QED) is 0.338. The standard InChI is InChI=1S/C18H15S.C9H7F3O2/c1-4-10-16(11-5-1)19(17-12-6-2-7-13-17)18-14-8-3-9-15-18;1-5-2-6(8(13)14)4-7(3-5)9(10,11)12/h1-15H;2-4H,1H3,(H,13,14)/q+1;/p-1. The number of aryl methyl sites for hydroxylation is 1. The fraction of sp³-hybridized carbons (Fsp3) is 0.0741. The summed E-state index contributed by atoms with van der Waals surface area (Å²) in [5, 5.41) is 10.4. The highest BCUT2D eigenvalue weighted by atomic mass is 32.2. The topological polar surface area (TPSA) is 40.1 Å². The first kappa shape index (κ1) is 24.1. The predicted molar refractivity (Wildman–Crippen MR) is 122 cm³/mol. The third-order valence-corrected chi connectivity index (χ3v) is 6.81. The maximum absolute atomic E-state index is 12.2. The second-order valence-electron chi connectivity index (χ2n) is 7.12. The second-order valence-corrected chi connectivity index (χ2v) is 9.14. The van der Waals surface area contributed by atoms with Crippen LogP contribution in [0.25, 0.3) is 0 Å². The molecule has 0 amide bonds. The summed E-state index contributed by atoms with van der Waals surface area (Å²) in [5.74, 6) is -1.61. The number of carboxylic acid groups (broad SMARTS) is 1. The average molecular weight is 467 g/mol. The highest BCUT2D eigenvalue weighted by molar-refractivity contribution is 7.97. The van der Waals surface area contributed by atoms with E-state index in [-0.39, 0.29) is 16.5 Å². The lowest BCUT2D eigenvalue weighted by atomic mass is 10.1. The molecule has 0 N–H and O–H groups in total. The summed E-state index contributed by atoms with van der Waals surface area (Å²) in [5.41, 5.74) is -1.20. The summed E-state index contributed by atoms with van der Waals surface area (Å²) in [6.45, 7) is 1.39. The Labute approximate surface area is 193 Å². The van der Waals surface area contributed by atoms with Crippen molar-refractivity contribution >= 4 is 16.9 Å². The van der Waals surface area contributed by atoms with E-state index in [1.165, 1.54) is 21.6 Å². The van der Waals surface area contributed by atoms with Gasteiger partial charge in [-0.25, -0.2) is 0 Å². The lowest BCUT2D eigenvalue weighted by Gasteiger charge is -2.10. The molecule has 0 unspecified atom stereocenters. The van der Waals surface area contributed by atoms with Crippen LogP contribution in [0.1, 0.15) is 21.5 Å². The largest absolute Gasteiger partial charge is 0.545 e. The normalized spacial score (nSPS) is 10.9. The number of aromatic carboxylic acids is 1. The molecule has 0 heterocycles. The first-order valence-corrected chi connectivity index (χ1v) is 11.3. The molecule has 0 aliphatic rings. The van der Waals surface area contributed by atoms with E-state index in [2.05, 4.69) is 91.0 Å². The Balaban J connectivity index is 0.000000196. The minimum atomic E-state index is -4.53. The Morgan fingerprint density at radius 1 is 0.697 bits per heavy atom. The van der Waals surface area contributed by atoms with Gasteiger partial charge in [0.1, 0.15) is 0 Å². The first-order chi connectivity index (χ1) is 15.8. The van der Waals surface area contributed by atoms with Crippen molar-refractivity contribution in [3.05, 3.63) is 126 Å². The Morgan fingerprint density at radius 3 is 1.42 bits per heavy atom. The number of alkyl halides is 3. The van der Waals surface area contributed by atoms with Crippen molar-refractivity contribution in [2.45, 2.75) is 27.8 Å². The Morgan fingerprint density at radius 2 is 1.09 bits per heavy atom. The molecule has 33 heavy (non-hydrogen) atoms. The van der Waals surface area contributed by atoms with Crippen molar-refractivity contribution in [2.75, 3.05) is 0 Å². The van der Waals surface area contributed by atoms with Crippen LogP contribution < -0.4 is 5.11 Å². The van der Waals surface area contributed by atoms with Crippen molar-refractivity contribution in [2.24, 2.45) is 0 Å². The average Bonchev–Trinajstić information content (AvgIpc) is 2.81. The van der Waals surface area contributed by atoms with Crippen LogP contribution in [0.4, 0.5) is 13.2 Å². The molecule has 2 nitrogen and oxygen atoms in total. The van der Waals surface area contributed by atoms with Gasteiger partial charge in [0.05, 0.1) is 22.4 Å². The van der Waals surface area contributed by atoms with Gasteiger partial charge in [0.2, 0.25) is 0 Å². The Kier molecular flexibility index (Phi) is 7.96. The number of hydrogen-bond donors (Lipinski definition) is 0. The molecular weight excluding hydrogens is 445 g/mol. The summed E-state index contributed by atoms with van der Waals surface area (Å²) in [7, 11) is -0.0146. The van der Waals surface area contributed by atoms with Crippen LogP contribution in [0.15, 0.2) is 124 Å².